The van der Waals surface area contributed by atoms with Crippen molar-refractivity contribution in [3.8, 4) is 0 Å². The molecule has 0 unspecified atom stereocenters. The molecule has 31 heavy (non-hydrogen) atoms. The second-order valence-corrected chi connectivity index (χ2v) is 7.53. The van der Waals surface area contributed by atoms with Crippen LogP contribution in [0.3, 0.4) is 0 Å². The third-order valence-electron chi connectivity index (χ3n) is 5.24. The highest BCUT2D eigenvalue weighted by molar-refractivity contribution is 6.31. The molecule has 0 atom stereocenters. The summed E-state index contributed by atoms with van der Waals surface area (Å²) >= 11 is 6.68. The Morgan fingerprint density at radius 1 is 1.03 bits per heavy atom. The molecule has 0 saturated heterocycles. The summed E-state index contributed by atoms with van der Waals surface area (Å²) in [4.78, 5) is 24.5. The van der Waals surface area contributed by atoms with E-state index in [1.165, 1.54) is 19.1 Å². The van der Waals surface area contributed by atoms with E-state index in [4.69, 9.17) is 16.3 Å². The number of hydrogen-bond donors (Lipinski definition) is 0. The summed E-state index contributed by atoms with van der Waals surface area (Å²) < 4.78 is 5.19. The van der Waals surface area contributed by atoms with Crippen molar-refractivity contribution in [3.05, 3.63) is 111 Å². The van der Waals surface area contributed by atoms with Crippen LogP contribution in [-0.2, 0) is 15.1 Å². The van der Waals surface area contributed by atoms with Gasteiger partial charge in [-0.3, -0.25) is 19.8 Å². The molecule has 0 aliphatic carbocycles. The lowest BCUT2D eigenvalue weighted by Crippen LogP contribution is -2.47. The smallest absolute Gasteiger partial charge is 0.302 e. The number of likely N-dealkylation sites (N-methyl/N-ethyl adjacent to an activating group) is 1. The summed E-state index contributed by atoms with van der Waals surface area (Å²) in [5.74, 6) is -0.369. The largest absolute Gasteiger partial charge is 0.465 e. The van der Waals surface area contributed by atoms with Crippen molar-refractivity contribution >= 4 is 23.3 Å². The van der Waals surface area contributed by atoms with Crippen LogP contribution >= 0.6 is 11.6 Å². The maximum atomic E-state index is 11.6. The van der Waals surface area contributed by atoms with Gasteiger partial charge in [-0.2, -0.15) is 0 Å². The average molecular weight is 439 g/mol. The van der Waals surface area contributed by atoms with Crippen LogP contribution in [0.5, 0.6) is 0 Å². The van der Waals surface area contributed by atoms with Gasteiger partial charge in [0.15, 0.2) is 0 Å². The minimum absolute atomic E-state index is 0.0518. The van der Waals surface area contributed by atoms with Crippen molar-refractivity contribution in [2.45, 2.75) is 12.5 Å². The first-order chi connectivity index (χ1) is 14.9. The summed E-state index contributed by atoms with van der Waals surface area (Å²) in [6.45, 7) is 1.90. The number of esters is 1. The number of nitrogens with zero attached hydrogens (tertiary/aromatic N) is 2. The Kier molecular flexibility index (Phi) is 7.05. The van der Waals surface area contributed by atoms with Crippen molar-refractivity contribution in [2.75, 3.05) is 20.2 Å². The molecule has 3 aromatic carbocycles. The maximum absolute atomic E-state index is 11.6. The van der Waals surface area contributed by atoms with Gasteiger partial charge in [0.1, 0.15) is 6.61 Å². The highest BCUT2D eigenvalue weighted by Crippen LogP contribution is 2.45. The van der Waals surface area contributed by atoms with E-state index in [0.717, 1.165) is 11.1 Å². The topological polar surface area (TPSA) is 72.7 Å². The zero-order valence-electron chi connectivity index (χ0n) is 17.3. The Morgan fingerprint density at radius 2 is 1.58 bits per heavy atom. The van der Waals surface area contributed by atoms with Gasteiger partial charge in [-0.15, -0.1) is 0 Å². The van der Waals surface area contributed by atoms with Crippen LogP contribution in [0.15, 0.2) is 78.9 Å². The quantitative estimate of drug-likeness (QED) is 0.213. The van der Waals surface area contributed by atoms with Crippen molar-refractivity contribution in [1.29, 1.82) is 0 Å². The first-order valence-corrected chi connectivity index (χ1v) is 10.1. The number of hydrogen-bond acceptors (Lipinski definition) is 5. The van der Waals surface area contributed by atoms with Crippen LogP contribution in [-0.4, -0.2) is 36.0 Å². The van der Waals surface area contributed by atoms with E-state index in [1.54, 1.807) is 6.07 Å². The zero-order chi connectivity index (χ0) is 22.4. The normalized spacial score (nSPS) is 11.4. The lowest BCUT2D eigenvalue weighted by Gasteiger charge is -2.44. The fourth-order valence-corrected chi connectivity index (χ4v) is 4.14. The van der Waals surface area contributed by atoms with Crippen LogP contribution in [0, 0.1) is 10.1 Å². The third-order valence-corrected chi connectivity index (χ3v) is 5.57. The number of ether oxygens (including phenoxy) is 1. The fraction of sp³-hybridized carbons (Fsp3) is 0.208. The van der Waals surface area contributed by atoms with Crippen molar-refractivity contribution in [3.63, 3.8) is 0 Å². The molecule has 160 valence electrons. The molecule has 0 aromatic heterocycles. The SMILES string of the molecule is CC(=O)OCCN(C)C(c1ccccc1)(c1ccccc1)c1cc([N+](=O)[O-])ccc1Cl. The number of carbonyl (C=O) groups is 1. The second kappa shape index (κ2) is 9.73. The molecule has 0 bridgehead atoms. The van der Waals surface area contributed by atoms with E-state index in [-0.39, 0.29) is 18.3 Å². The molecule has 0 aliphatic heterocycles. The molecule has 0 saturated carbocycles. The van der Waals surface area contributed by atoms with Crippen molar-refractivity contribution in [1.82, 2.24) is 4.90 Å². The number of nitro benzene ring substituents is 1. The Bertz CT molecular complexity index is 1020. The lowest BCUT2D eigenvalue weighted by molar-refractivity contribution is -0.385. The monoisotopic (exact) mass is 438 g/mol. The molecule has 0 fully saturated rings. The van der Waals surface area contributed by atoms with E-state index in [2.05, 4.69) is 0 Å². The predicted molar refractivity (Wildman–Crippen MR) is 120 cm³/mol. The molecule has 0 aliphatic rings. The highest BCUT2D eigenvalue weighted by atomic mass is 35.5. The van der Waals surface area contributed by atoms with E-state index in [0.29, 0.717) is 17.1 Å². The molecule has 6 nitrogen and oxygen atoms in total. The van der Waals surface area contributed by atoms with Gasteiger partial charge >= 0.3 is 5.97 Å². The molecule has 0 N–H and O–H groups in total. The number of carbonyl (C=O) groups excluding carboxylic acids is 1. The minimum atomic E-state index is -0.953. The van der Waals surface area contributed by atoms with Gasteiger partial charge in [0.25, 0.3) is 5.69 Å². The summed E-state index contributed by atoms with van der Waals surface area (Å²) in [5.41, 5.74) is 1.34. The number of nitro groups is 1. The van der Waals surface area contributed by atoms with Crippen LogP contribution in [0.2, 0.25) is 5.02 Å². The molecule has 0 radical (unpaired) electrons. The van der Waals surface area contributed by atoms with Crippen molar-refractivity contribution < 1.29 is 14.5 Å². The lowest BCUT2D eigenvalue weighted by atomic mass is 9.75. The van der Waals surface area contributed by atoms with Gasteiger partial charge in [0, 0.05) is 36.2 Å². The Morgan fingerprint density at radius 3 is 2.06 bits per heavy atom. The zero-order valence-corrected chi connectivity index (χ0v) is 18.1. The van der Waals surface area contributed by atoms with Gasteiger partial charge in [-0.1, -0.05) is 72.3 Å². The molecule has 0 spiro atoms. The minimum Gasteiger partial charge on any atom is -0.465 e. The van der Waals surface area contributed by atoms with E-state index < -0.39 is 10.5 Å². The first kappa shape index (κ1) is 22.5. The molecule has 3 rings (SSSR count). The second-order valence-electron chi connectivity index (χ2n) is 7.13. The van der Waals surface area contributed by atoms with E-state index >= 15 is 0 Å². The standard InChI is InChI=1S/C24H23ClN2O4/c1-18(28)31-16-15-26(2)24(19-9-5-3-6-10-19,20-11-7-4-8-12-20)22-17-21(27(29)30)13-14-23(22)25/h3-14,17H,15-16H2,1-2H3. The molecular formula is C24H23ClN2O4. The number of halogens is 1. The molecule has 7 heteroatoms. The van der Waals surface area contributed by atoms with Crippen LogP contribution in [0.25, 0.3) is 0 Å². The summed E-state index contributed by atoms with van der Waals surface area (Å²) in [6, 6.07) is 23.8. The number of non-ortho nitro benzene ring substituents is 1. The molecule has 0 amide bonds. The van der Waals surface area contributed by atoms with Crippen LogP contribution < -0.4 is 0 Å². The first-order valence-electron chi connectivity index (χ1n) is 9.77. The Balaban J connectivity index is 2.32. The Hall–Kier alpha value is -3.22. The van der Waals surface area contributed by atoms with Crippen LogP contribution in [0.4, 0.5) is 5.69 Å². The van der Waals surface area contributed by atoms with Gasteiger partial charge in [0.2, 0.25) is 0 Å². The van der Waals surface area contributed by atoms with Gasteiger partial charge in [0.05, 0.1) is 10.5 Å². The molecule has 3 aromatic rings. The number of rotatable bonds is 8. The van der Waals surface area contributed by atoms with E-state index in [9.17, 15) is 14.9 Å². The van der Waals surface area contributed by atoms with E-state index in [1.807, 2.05) is 72.6 Å². The summed E-state index contributed by atoms with van der Waals surface area (Å²) in [7, 11) is 1.89. The summed E-state index contributed by atoms with van der Waals surface area (Å²) in [5, 5.41) is 12.0. The average Bonchev–Trinajstić information content (AvgIpc) is 2.76. The van der Waals surface area contributed by atoms with Gasteiger partial charge in [-0.25, -0.2) is 0 Å². The third kappa shape index (κ3) is 4.60. The fourth-order valence-electron chi connectivity index (χ4n) is 3.88. The van der Waals surface area contributed by atoms with Gasteiger partial charge in [-0.05, 0) is 24.2 Å². The van der Waals surface area contributed by atoms with Crippen molar-refractivity contribution in [2.24, 2.45) is 0 Å². The predicted octanol–water partition coefficient (Wildman–Crippen LogP) is 5.04. The Labute approximate surface area is 186 Å². The molecule has 0 heterocycles. The number of benzene rings is 3. The van der Waals surface area contributed by atoms with Gasteiger partial charge < -0.3 is 4.74 Å². The maximum Gasteiger partial charge on any atom is 0.302 e. The highest BCUT2D eigenvalue weighted by Gasteiger charge is 2.42. The van der Waals surface area contributed by atoms with Crippen LogP contribution in [0.1, 0.15) is 23.6 Å². The summed E-state index contributed by atoms with van der Waals surface area (Å²) in [6.07, 6.45) is 0. The molecular weight excluding hydrogens is 416 g/mol.